The summed E-state index contributed by atoms with van der Waals surface area (Å²) in [7, 11) is -3.34. The molecule has 6 heteroatoms. The molecule has 0 atom stereocenters. The van der Waals surface area contributed by atoms with Gasteiger partial charge >= 0.3 is 0 Å². The summed E-state index contributed by atoms with van der Waals surface area (Å²) < 4.78 is 22.4. The Balaban J connectivity index is 2.66. The predicted molar refractivity (Wildman–Crippen MR) is 62.9 cm³/mol. The van der Waals surface area contributed by atoms with Crippen molar-refractivity contribution in [2.75, 3.05) is 5.75 Å². The Hall–Kier alpha value is -1.56. The van der Waals surface area contributed by atoms with Crippen molar-refractivity contribution in [2.45, 2.75) is 13.3 Å². The molecule has 0 radical (unpaired) electrons. The lowest BCUT2D eigenvalue weighted by molar-refractivity contribution is 0.474. The molecular weight excluding hydrogens is 228 g/mol. The summed E-state index contributed by atoms with van der Waals surface area (Å²) in [6, 6.07) is 6.53. The Bertz CT molecular complexity index is 469. The van der Waals surface area contributed by atoms with Crippen LogP contribution < -0.4 is 4.83 Å². The van der Waals surface area contributed by atoms with Gasteiger partial charge < -0.3 is 5.11 Å². The normalized spacial score (nSPS) is 11.8. The zero-order chi connectivity index (χ0) is 12.0. The smallest absolute Gasteiger partial charge is 0.247 e. The van der Waals surface area contributed by atoms with Crippen molar-refractivity contribution < 1.29 is 13.5 Å². The molecular formula is C10H14N2O3S. The molecule has 1 aromatic carbocycles. The van der Waals surface area contributed by atoms with Crippen molar-refractivity contribution in [1.82, 2.24) is 4.83 Å². The Morgan fingerprint density at radius 1 is 1.44 bits per heavy atom. The van der Waals surface area contributed by atoms with E-state index in [4.69, 9.17) is 0 Å². The Morgan fingerprint density at radius 3 is 2.75 bits per heavy atom. The van der Waals surface area contributed by atoms with E-state index in [9.17, 15) is 13.5 Å². The maximum absolute atomic E-state index is 11.2. The number of sulfonamides is 1. The molecule has 1 aromatic rings. The fourth-order valence-corrected chi connectivity index (χ4v) is 1.93. The highest BCUT2D eigenvalue weighted by molar-refractivity contribution is 7.89. The molecule has 0 heterocycles. The molecule has 1 rings (SSSR count). The van der Waals surface area contributed by atoms with Gasteiger partial charge in [-0.05, 0) is 18.6 Å². The van der Waals surface area contributed by atoms with Crippen LogP contribution in [0.1, 0.15) is 18.9 Å². The first-order valence-corrected chi connectivity index (χ1v) is 6.51. The van der Waals surface area contributed by atoms with E-state index in [1.807, 2.05) is 0 Å². The summed E-state index contributed by atoms with van der Waals surface area (Å²) in [6.45, 7) is 1.77. The van der Waals surface area contributed by atoms with Gasteiger partial charge in [0.1, 0.15) is 5.75 Å². The van der Waals surface area contributed by atoms with E-state index in [0.29, 0.717) is 12.0 Å². The molecule has 0 unspecified atom stereocenters. The second-order valence-corrected chi connectivity index (χ2v) is 5.05. The lowest BCUT2D eigenvalue weighted by atomic mass is 10.2. The monoisotopic (exact) mass is 242 g/mol. The summed E-state index contributed by atoms with van der Waals surface area (Å²) in [4.78, 5) is 2.07. The third-order valence-corrected chi connectivity index (χ3v) is 3.13. The third kappa shape index (κ3) is 3.90. The van der Waals surface area contributed by atoms with E-state index in [-0.39, 0.29) is 11.5 Å². The molecule has 0 aliphatic carbocycles. The van der Waals surface area contributed by atoms with Crippen LogP contribution >= 0.6 is 0 Å². The molecule has 16 heavy (non-hydrogen) atoms. The number of phenols is 1. The van der Waals surface area contributed by atoms with Gasteiger partial charge in [-0.15, -0.1) is 0 Å². The molecule has 0 amide bonds. The van der Waals surface area contributed by atoms with Gasteiger partial charge in [0.15, 0.2) is 0 Å². The van der Waals surface area contributed by atoms with Crippen molar-refractivity contribution in [3.8, 4) is 5.75 Å². The molecule has 0 aromatic heterocycles. The number of para-hydroxylation sites is 1. The number of nitrogens with zero attached hydrogens (tertiary/aromatic N) is 1. The fourth-order valence-electron chi connectivity index (χ4n) is 1.09. The van der Waals surface area contributed by atoms with Crippen molar-refractivity contribution >= 4 is 16.2 Å². The number of hydrazone groups is 1. The van der Waals surface area contributed by atoms with Gasteiger partial charge in [-0.2, -0.15) is 5.10 Å². The molecule has 0 spiro atoms. The molecule has 0 aliphatic rings. The second-order valence-electron chi connectivity index (χ2n) is 3.23. The highest BCUT2D eigenvalue weighted by atomic mass is 32.2. The van der Waals surface area contributed by atoms with Gasteiger partial charge in [-0.1, -0.05) is 19.1 Å². The van der Waals surface area contributed by atoms with E-state index >= 15 is 0 Å². The van der Waals surface area contributed by atoms with Crippen molar-refractivity contribution in [1.29, 1.82) is 0 Å². The molecule has 88 valence electrons. The largest absolute Gasteiger partial charge is 0.507 e. The van der Waals surface area contributed by atoms with Crippen LogP contribution in [0.5, 0.6) is 5.75 Å². The highest BCUT2D eigenvalue weighted by Gasteiger charge is 2.05. The van der Waals surface area contributed by atoms with Crippen molar-refractivity contribution in [3.63, 3.8) is 0 Å². The van der Waals surface area contributed by atoms with Crippen LogP contribution in [0, 0.1) is 0 Å². The molecule has 0 fully saturated rings. The quantitative estimate of drug-likeness (QED) is 0.598. The number of rotatable bonds is 5. The SMILES string of the molecule is CCCS(=O)(=O)NN=Cc1ccccc1O. The van der Waals surface area contributed by atoms with Crippen LogP contribution in [-0.4, -0.2) is 25.5 Å². The van der Waals surface area contributed by atoms with E-state index in [0.717, 1.165) is 0 Å². The number of hydrogen-bond acceptors (Lipinski definition) is 4. The minimum atomic E-state index is -3.34. The van der Waals surface area contributed by atoms with Gasteiger partial charge in [-0.25, -0.2) is 13.2 Å². The van der Waals surface area contributed by atoms with Gasteiger partial charge in [0, 0.05) is 5.56 Å². The highest BCUT2D eigenvalue weighted by Crippen LogP contribution is 2.12. The summed E-state index contributed by atoms with van der Waals surface area (Å²) in [6.07, 6.45) is 1.80. The number of nitrogens with one attached hydrogen (secondary N) is 1. The van der Waals surface area contributed by atoms with Gasteiger partial charge in [0.2, 0.25) is 10.0 Å². The Labute approximate surface area is 94.9 Å². The zero-order valence-corrected chi connectivity index (χ0v) is 9.74. The fraction of sp³-hybridized carbons (Fsp3) is 0.300. The van der Waals surface area contributed by atoms with Gasteiger partial charge in [-0.3, -0.25) is 0 Å². The second kappa shape index (κ2) is 5.50. The summed E-state index contributed by atoms with van der Waals surface area (Å²) in [5, 5.41) is 12.9. The number of benzene rings is 1. The standard InChI is InChI=1S/C10H14N2O3S/c1-2-7-16(14,15)12-11-8-9-5-3-4-6-10(9)13/h3-6,8,12-13H,2,7H2,1H3. The average molecular weight is 242 g/mol. The Kier molecular flexibility index (Phi) is 4.30. The van der Waals surface area contributed by atoms with Crippen molar-refractivity contribution in [2.24, 2.45) is 5.10 Å². The van der Waals surface area contributed by atoms with Crippen LogP contribution in [0.25, 0.3) is 0 Å². The average Bonchev–Trinajstić information content (AvgIpc) is 2.20. The first kappa shape index (κ1) is 12.5. The zero-order valence-electron chi connectivity index (χ0n) is 8.92. The number of phenolic OH excluding ortho intramolecular Hbond substituents is 1. The van der Waals surface area contributed by atoms with Crippen LogP contribution in [0.2, 0.25) is 0 Å². The third-order valence-electron chi connectivity index (χ3n) is 1.81. The summed E-state index contributed by atoms with van der Waals surface area (Å²) >= 11 is 0. The van der Waals surface area contributed by atoms with E-state index in [1.165, 1.54) is 12.3 Å². The van der Waals surface area contributed by atoms with Crippen LogP contribution in [0.4, 0.5) is 0 Å². The maximum Gasteiger partial charge on any atom is 0.247 e. The molecule has 0 saturated carbocycles. The Morgan fingerprint density at radius 2 is 2.12 bits per heavy atom. The minimum Gasteiger partial charge on any atom is -0.507 e. The van der Waals surface area contributed by atoms with Gasteiger partial charge in [0.05, 0.1) is 12.0 Å². The molecule has 0 saturated heterocycles. The maximum atomic E-state index is 11.2. The molecule has 2 N–H and O–H groups in total. The number of hydrogen-bond donors (Lipinski definition) is 2. The molecule has 0 aliphatic heterocycles. The van der Waals surface area contributed by atoms with Crippen LogP contribution in [0.3, 0.4) is 0 Å². The predicted octanol–water partition coefficient (Wildman–Crippen LogP) is 1.06. The number of aromatic hydroxyl groups is 1. The summed E-state index contributed by atoms with van der Waals surface area (Å²) in [5.41, 5.74) is 0.460. The van der Waals surface area contributed by atoms with E-state index < -0.39 is 10.0 Å². The van der Waals surface area contributed by atoms with Crippen molar-refractivity contribution in [3.05, 3.63) is 29.8 Å². The lowest BCUT2D eigenvalue weighted by Crippen LogP contribution is -2.21. The summed E-state index contributed by atoms with van der Waals surface area (Å²) in [5.74, 6) is 0.0893. The van der Waals surface area contributed by atoms with E-state index in [1.54, 1.807) is 25.1 Å². The first-order chi connectivity index (χ1) is 7.55. The first-order valence-electron chi connectivity index (χ1n) is 4.85. The molecule has 0 bridgehead atoms. The van der Waals surface area contributed by atoms with Crippen LogP contribution in [-0.2, 0) is 10.0 Å². The van der Waals surface area contributed by atoms with E-state index in [2.05, 4.69) is 9.93 Å². The topological polar surface area (TPSA) is 78.8 Å². The van der Waals surface area contributed by atoms with Crippen LogP contribution in [0.15, 0.2) is 29.4 Å². The lowest BCUT2D eigenvalue weighted by Gasteiger charge is -2.00. The molecule has 5 nitrogen and oxygen atoms in total. The van der Waals surface area contributed by atoms with Gasteiger partial charge in [0.25, 0.3) is 0 Å². The minimum absolute atomic E-state index is 0.0328.